The first kappa shape index (κ1) is 17.1. The molecule has 2 aromatic rings. The molecule has 1 aliphatic heterocycles. The van der Waals surface area contributed by atoms with Crippen LogP contribution in [0.3, 0.4) is 0 Å². The van der Waals surface area contributed by atoms with E-state index in [0.29, 0.717) is 49.8 Å². The summed E-state index contributed by atoms with van der Waals surface area (Å²) in [5.74, 6) is 0.590. The monoisotopic (exact) mass is 359 g/mol. The summed E-state index contributed by atoms with van der Waals surface area (Å²) in [6.45, 7) is 2.96. The normalized spacial score (nSPS) is 22.5. The largest absolute Gasteiger partial charge is 0.366 e. The highest BCUT2D eigenvalue weighted by molar-refractivity contribution is 5.89. The second kappa shape index (κ2) is 6.79. The molecule has 0 bridgehead atoms. The summed E-state index contributed by atoms with van der Waals surface area (Å²) in [7, 11) is 0. The first-order chi connectivity index (χ1) is 12.6. The van der Waals surface area contributed by atoms with Crippen LogP contribution in [-0.2, 0) is 14.9 Å². The summed E-state index contributed by atoms with van der Waals surface area (Å²) in [6.07, 6.45) is 2.80. The van der Waals surface area contributed by atoms with E-state index >= 15 is 0 Å². The first-order valence-corrected chi connectivity index (χ1v) is 9.06. The van der Waals surface area contributed by atoms with Crippen molar-refractivity contribution < 1.29 is 18.4 Å². The second-order valence-electron chi connectivity index (χ2n) is 7.05. The van der Waals surface area contributed by atoms with E-state index in [9.17, 15) is 9.18 Å². The van der Waals surface area contributed by atoms with E-state index in [1.165, 1.54) is 6.07 Å². The van der Waals surface area contributed by atoms with Gasteiger partial charge in [-0.15, -0.1) is 0 Å². The number of amides is 1. The third-order valence-corrected chi connectivity index (χ3v) is 5.44. The van der Waals surface area contributed by atoms with Crippen LogP contribution >= 0.6 is 0 Å². The van der Waals surface area contributed by atoms with Crippen LogP contribution in [0.5, 0.6) is 0 Å². The molecular weight excluding hydrogens is 337 g/mol. The molecule has 1 aromatic heterocycles. The van der Waals surface area contributed by atoms with Crippen molar-refractivity contribution in [2.24, 2.45) is 0 Å². The number of aryl methyl sites for hydroxylation is 1. The SMILES string of the molecule is Cc1nc(C2CN(C(=O)C3(c4ccccc4F)CCCC3)CCO2)no1. The van der Waals surface area contributed by atoms with Crippen LogP contribution in [0.15, 0.2) is 28.8 Å². The lowest BCUT2D eigenvalue weighted by molar-refractivity contribution is -0.145. The van der Waals surface area contributed by atoms with Crippen LogP contribution in [0.1, 0.15) is 49.1 Å². The fraction of sp³-hybridized carbons (Fsp3) is 0.526. The van der Waals surface area contributed by atoms with Gasteiger partial charge in [0.2, 0.25) is 17.6 Å². The Hall–Kier alpha value is -2.28. The third-order valence-electron chi connectivity index (χ3n) is 5.44. The molecule has 0 spiro atoms. The lowest BCUT2D eigenvalue weighted by Gasteiger charge is -2.38. The van der Waals surface area contributed by atoms with Gasteiger partial charge in [-0.25, -0.2) is 4.39 Å². The summed E-state index contributed by atoms with van der Waals surface area (Å²) in [5.41, 5.74) is -0.263. The molecule has 1 aliphatic carbocycles. The zero-order valence-electron chi connectivity index (χ0n) is 14.8. The number of hydrogen-bond acceptors (Lipinski definition) is 5. The van der Waals surface area contributed by atoms with E-state index in [1.807, 2.05) is 0 Å². The van der Waals surface area contributed by atoms with Gasteiger partial charge >= 0.3 is 0 Å². The second-order valence-corrected chi connectivity index (χ2v) is 7.05. The van der Waals surface area contributed by atoms with E-state index < -0.39 is 11.5 Å². The lowest BCUT2D eigenvalue weighted by Crippen LogP contribution is -2.51. The maximum absolute atomic E-state index is 14.5. The van der Waals surface area contributed by atoms with Crippen molar-refractivity contribution in [1.82, 2.24) is 15.0 Å². The number of benzene rings is 1. The Morgan fingerprint density at radius 3 is 2.77 bits per heavy atom. The fourth-order valence-corrected chi connectivity index (χ4v) is 4.16. The maximum Gasteiger partial charge on any atom is 0.233 e. The molecule has 7 heteroatoms. The van der Waals surface area contributed by atoms with Crippen LogP contribution in [0.4, 0.5) is 4.39 Å². The molecule has 6 nitrogen and oxygen atoms in total. The molecule has 0 N–H and O–H groups in total. The van der Waals surface area contributed by atoms with Crippen molar-refractivity contribution in [2.45, 2.75) is 44.1 Å². The number of aromatic nitrogens is 2. The molecule has 1 aromatic carbocycles. The quantitative estimate of drug-likeness (QED) is 0.843. The standard InChI is InChI=1S/C19H22FN3O3/c1-13-21-17(22-26-13)16-12-23(10-11-25-16)18(24)19(8-4-5-9-19)14-6-2-3-7-15(14)20/h2-3,6-7,16H,4-5,8-12H2,1H3. The lowest BCUT2D eigenvalue weighted by atomic mass is 9.77. The van der Waals surface area contributed by atoms with Gasteiger partial charge in [0, 0.05) is 19.0 Å². The number of halogens is 1. The van der Waals surface area contributed by atoms with Crippen molar-refractivity contribution >= 4 is 5.91 Å². The number of nitrogens with zero attached hydrogens (tertiary/aromatic N) is 3. The molecule has 0 radical (unpaired) electrons. The molecule has 138 valence electrons. The highest BCUT2D eigenvalue weighted by Gasteiger charge is 2.47. The van der Waals surface area contributed by atoms with Crippen molar-refractivity contribution in [1.29, 1.82) is 0 Å². The van der Waals surface area contributed by atoms with E-state index in [1.54, 1.807) is 30.0 Å². The Balaban J connectivity index is 1.61. The number of ether oxygens (including phenoxy) is 1. The van der Waals surface area contributed by atoms with Crippen molar-refractivity contribution in [3.63, 3.8) is 0 Å². The van der Waals surface area contributed by atoms with Gasteiger partial charge in [-0.2, -0.15) is 4.98 Å². The van der Waals surface area contributed by atoms with E-state index in [4.69, 9.17) is 9.26 Å². The van der Waals surface area contributed by atoms with E-state index in [0.717, 1.165) is 12.8 Å². The van der Waals surface area contributed by atoms with Crippen LogP contribution in [0.25, 0.3) is 0 Å². The van der Waals surface area contributed by atoms with Crippen LogP contribution in [-0.4, -0.2) is 40.6 Å². The molecule has 2 aliphatic rings. The minimum Gasteiger partial charge on any atom is -0.366 e. The Kier molecular flexibility index (Phi) is 4.48. The predicted octanol–water partition coefficient (Wildman–Crippen LogP) is 2.93. The number of carbonyl (C=O) groups is 1. The van der Waals surface area contributed by atoms with Gasteiger partial charge in [0.1, 0.15) is 11.9 Å². The number of rotatable bonds is 3. The number of hydrogen-bond donors (Lipinski definition) is 0. The van der Waals surface area contributed by atoms with Gasteiger partial charge in [0.05, 0.1) is 18.6 Å². The zero-order chi connectivity index (χ0) is 18.1. The molecule has 1 amide bonds. The minimum absolute atomic E-state index is 0.0198. The summed E-state index contributed by atoms with van der Waals surface area (Å²) in [4.78, 5) is 19.5. The number of morpholine rings is 1. The highest BCUT2D eigenvalue weighted by Crippen LogP contribution is 2.44. The highest BCUT2D eigenvalue weighted by atomic mass is 19.1. The van der Waals surface area contributed by atoms with Gasteiger partial charge in [0.25, 0.3) is 0 Å². The summed E-state index contributed by atoms with van der Waals surface area (Å²) >= 11 is 0. The Morgan fingerprint density at radius 2 is 2.08 bits per heavy atom. The molecular formula is C19H22FN3O3. The Labute approximate surface area is 151 Å². The van der Waals surface area contributed by atoms with Crippen LogP contribution in [0.2, 0.25) is 0 Å². The summed E-state index contributed by atoms with van der Waals surface area (Å²) < 4.78 is 25.3. The van der Waals surface area contributed by atoms with E-state index in [2.05, 4.69) is 10.1 Å². The predicted molar refractivity (Wildman–Crippen MR) is 90.9 cm³/mol. The molecule has 1 saturated heterocycles. The molecule has 2 fully saturated rings. The topological polar surface area (TPSA) is 68.5 Å². The smallest absolute Gasteiger partial charge is 0.233 e. The fourth-order valence-electron chi connectivity index (χ4n) is 4.16. The van der Waals surface area contributed by atoms with Gasteiger partial charge in [0.15, 0.2) is 0 Å². The maximum atomic E-state index is 14.5. The minimum atomic E-state index is -0.777. The van der Waals surface area contributed by atoms with Crippen molar-refractivity contribution in [3.8, 4) is 0 Å². The average Bonchev–Trinajstić information content (AvgIpc) is 3.32. The first-order valence-electron chi connectivity index (χ1n) is 9.06. The Bertz CT molecular complexity index is 801. The van der Waals surface area contributed by atoms with Gasteiger partial charge in [-0.05, 0) is 18.9 Å². The van der Waals surface area contributed by atoms with Gasteiger partial charge in [-0.3, -0.25) is 4.79 Å². The van der Waals surface area contributed by atoms with E-state index in [-0.39, 0.29) is 11.7 Å². The zero-order valence-corrected chi connectivity index (χ0v) is 14.8. The number of carbonyl (C=O) groups excluding carboxylic acids is 1. The third kappa shape index (κ3) is 2.90. The van der Waals surface area contributed by atoms with Crippen LogP contribution in [0, 0.1) is 12.7 Å². The molecule has 1 saturated carbocycles. The summed E-state index contributed by atoms with van der Waals surface area (Å²) in [6, 6.07) is 6.65. The average molecular weight is 359 g/mol. The summed E-state index contributed by atoms with van der Waals surface area (Å²) in [5, 5.41) is 3.91. The van der Waals surface area contributed by atoms with Crippen molar-refractivity contribution in [3.05, 3.63) is 47.4 Å². The van der Waals surface area contributed by atoms with Gasteiger partial charge < -0.3 is 14.2 Å². The van der Waals surface area contributed by atoms with Gasteiger partial charge in [-0.1, -0.05) is 36.2 Å². The molecule has 4 rings (SSSR count). The van der Waals surface area contributed by atoms with Crippen LogP contribution < -0.4 is 0 Å². The molecule has 1 unspecified atom stereocenters. The molecule has 26 heavy (non-hydrogen) atoms. The molecule has 2 heterocycles. The Morgan fingerprint density at radius 1 is 1.31 bits per heavy atom. The molecule has 1 atom stereocenters. The van der Waals surface area contributed by atoms with Crippen molar-refractivity contribution in [2.75, 3.05) is 19.7 Å².